The van der Waals surface area contributed by atoms with Crippen LogP contribution in [0.5, 0.6) is 0 Å². The molecule has 0 N–H and O–H groups in total. The van der Waals surface area contributed by atoms with E-state index in [-0.39, 0.29) is 5.91 Å². The second-order valence-corrected chi connectivity index (χ2v) is 6.65. The zero-order chi connectivity index (χ0) is 18.4. The van der Waals surface area contributed by atoms with E-state index in [2.05, 4.69) is 26.7 Å². The van der Waals surface area contributed by atoms with Crippen LogP contribution in [0.3, 0.4) is 0 Å². The number of hydrogen-bond donors (Lipinski definition) is 0. The van der Waals surface area contributed by atoms with Crippen molar-refractivity contribution in [3.05, 3.63) is 48.3 Å². The molecule has 138 valence electrons. The molecule has 0 bridgehead atoms. The van der Waals surface area contributed by atoms with Gasteiger partial charge >= 0.3 is 0 Å². The maximum atomic E-state index is 12.9. The fraction of sp³-hybridized carbons (Fsp3) is 0.450. The fourth-order valence-electron chi connectivity index (χ4n) is 3.13. The average Bonchev–Trinajstić information content (AvgIpc) is 2.72. The fourth-order valence-corrected chi connectivity index (χ4v) is 3.13. The van der Waals surface area contributed by atoms with Crippen molar-refractivity contribution in [2.45, 2.75) is 19.8 Å². The second kappa shape index (κ2) is 8.65. The summed E-state index contributed by atoms with van der Waals surface area (Å²) in [6.07, 6.45) is 5.80. The van der Waals surface area contributed by atoms with Gasteiger partial charge in [-0.3, -0.25) is 4.79 Å². The zero-order valence-corrected chi connectivity index (χ0v) is 15.6. The summed E-state index contributed by atoms with van der Waals surface area (Å²) in [7, 11) is 2.03. The number of carbonyl (C=O) groups is 1. The molecular weight excluding hydrogens is 326 g/mol. The number of piperazine rings is 1. The van der Waals surface area contributed by atoms with Gasteiger partial charge in [-0.1, -0.05) is 19.4 Å². The van der Waals surface area contributed by atoms with Gasteiger partial charge in [-0.05, 0) is 30.7 Å². The van der Waals surface area contributed by atoms with E-state index in [9.17, 15) is 4.79 Å². The normalized spacial score (nSPS) is 14.4. The number of pyridine rings is 2. The molecule has 6 heteroatoms. The molecule has 0 radical (unpaired) electrons. The van der Waals surface area contributed by atoms with Crippen LogP contribution in [0.1, 0.15) is 30.1 Å². The highest BCUT2D eigenvalue weighted by molar-refractivity contribution is 5.95. The van der Waals surface area contributed by atoms with Crippen molar-refractivity contribution < 1.29 is 4.79 Å². The third kappa shape index (κ3) is 4.31. The molecule has 1 aliphatic rings. The molecule has 0 unspecified atom stereocenters. The summed E-state index contributed by atoms with van der Waals surface area (Å²) >= 11 is 0. The van der Waals surface area contributed by atoms with E-state index in [1.165, 1.54) is 0 Å². The Bertz CT molecular complexity index is 713. The lowest BCUT2D eigenvalue weighted by Gasteiger charge is -2.35. The van der Waals surface area contributed by atoms with Gasteiger partial charge < -0.3 is 14.7 Å². The first-order valence-electron chi connectivity index (χ1n) is 9.31. The van der Waals surface area contributed by atoms with E-state index in [1.807, 2.05) is 42.3 Å². The van der Waals surface area contributed by atoms with Gasteiger partial charge in [0.2, 0.25) is 0 Å². The van der Waals surface area contributed by atoms with Gasteiger partial charge in [0.1, 0.15) is 11.6 Å². The first-order chi connectivity index (χ1) is 12.7. The molecular formula is C20H27N5O. The average molecular weight is 353 g/mol. The minimum atomic E-state index is 0.0817. The third-order valence-electron chi connectivity index (χ3n) is 4.77. The van der Waals surface area contributed by atoms with Crippen LogP contribution in [-0.2, 0) is 0 Å². The van der Waals surface area contributed by atoms with Crippen LogP contribution >= 0.6 is 0 Å². The Balaban J connectivity index is 1.62. The Hall–Kier alpha value is -2.63. The molecule has 3 heterocycles. The summed E-state index contributed by atoms with van der Waals surface area (Å²) in [5.41, 5.74) is 0.713. The van der Waals surface area contributed by atoms with E-state index < -0.39 is 0 Å². The molecule has 1 fully saturated rings. The van der Waals surface area contributed by atoms with Gasteiger partial charge in [0, 0.05) is 57.7 Å². The van der Waals surface area contributed by atoms with Crippen molar-refractivity contribution in [2.24, 2.45) is 0 Å². The van der Waals surface area contributed by atoms with Gasteiger partial charge in [0.15, 0.2) is 0 Å². The number of hydrogen-bond acceptors (Lipinski definition) is 5. The standard InChI is InChI=1S/C20H27N5O/c1-3-4-11-23(2)19-16-17(8-10-22-19)20(26)25-14-12-24(13-15-25)18-7-5-6-9-21-18/h5-10,16H,3-4,11-15H2,1-2H3. The largest absolute Gasteiger partial charge is 0.360 e. The Labute approximate surface area is 155 Å². The Kier molecular flexibility index (Phi) is 6.04. The highest BCUT2D eigenvalue weighted by atomic mass is 16.2. The number of rotatable bonds is 6. The van der Waals surface area contributed by atoms with Crippen molar-refractivity contribution in [1.29, 1.82) is 0 Å². The maximum Gasteiger partial charge on any atom is 0.254 e. The molecule has 1 amide bonds. The minimum absolute atomic E-state index is 0.0817. The molecule has 0 aliphatic carbocycles. The number of nitrogens with zero attached hydrogens (tertiary/aromatic N) is 5. The highest BCUT2D eigenvalue weighted by Gasteiger charge is 2.23. The smallest absolute Gasteiger partial charge is 0.254 e. The van der Waals surface area contributed by atoms with Gasteiger partial charge in [-0.15, -0.1) is 0 Å². The zero-order valence-electron chi connectivity index (χ0n) is 15.6. The van der Waals surface area contributed by atoms with Gasteiger partial charge in [0.05, 0.1) is 0 Å². The molecule has 26 heavy (non-hydrogen) atoms. The summed E-state index contributed by atoms with van der Waals surface area (Å²) in [6, 6.07) is 9.64. The SMILES string of the molecule is CCCCN(C)c1cc(C(=O)N2CCN(c3ccccn3)CC2)ccn1. The Morgan fingerprint density at radius 3 is 2.62 bits per heavy atom. The number of anilines is 2. The molecule has 0 spiro atoms. The van der Waals surface area contributed by atoms with Crippen LogP contribution in [0.15, 0.2) is 42.7 Å². The van der Waals surface area contributed by atoms with E-state index >= 15 is 0 Å². The van der Waals surface area contributed by atoms with Crippen molar-refractivity contribution in [2.75, 3.05) is 49.6 Å². The lowest BCUT2D eigenvalue weighted by atomic mass is 10.2. The number of unbranched alkanes of at least 4 members (excludes halogenated alkanes) is 1. The van der Waals surface area contributed by atoms with Gasteiger partial charge in [-0.2, -0.15) is 0 Å². The van der Waals surface area contributed by atoms with Crippen molar-refractivity contribution in [3.8, 4) is 0 Å². The predicted octanol–water partition coefficient (Wildman–Crippen LogP) is 2.68. The van der Waals surface area contributed by atoms with Crippen LogP contribution in [0.25, 0.3) is 0 Å². The molecule has 2 aromatic heterocycles. The number of amides is 1. The molecule has 3 rings (SSSR count). The molecule has 0 aromatic carbocycles. The van der Waals surface area contributed by atoms with E-state index in [1.54, 1.807) is 12.4 Å². The van der Waals surface area contributed by atoms with Crippen molar-refractivity contribution >= 4 is 17.5 Å². The Morgan fingerprint density at radius 1 is 1.12 bits per heavy atom. The van der Waals surface area contributed by atoms with Crippen LogP contribution in [0.4, 0.5) is 11.6 Å². The van der Waals surface area contributed by atoms with Crippen LogP contribution in [-0.4, -0.2) is 60.5 Å². The first kappa shape index (κ1) is 18.2. The predicted molar refractivity (Wildman–Crippen MR) is 105 cm³/mol. The molecule has 1 aliphatic heterocycles. The molecule has 1 saturated heterocycles. The molecule has 6 nitrogen and oxygen atoms in total. The van der Waals surface area contributed by atoms with E-state index in [0.29, 0.717) is 18.7 Å². The quantitative estimate of drug-likeness (QED) is 0.799. The second-order valence-electron chi connectivity index (χ2n) is 6.65. The van der Waals surface area contributed by atoms with Gasteiger partial charge in [-0.25, -0.2) is 9.97 Å². The lowest BCUT2D eigenvalue weighted by molar-refractivity contribution is 0.0746. The Morgan fingerprint density at radius 2 is 1.92 bits per heavy atom. The number of aromatic nitrogens is 2. The van der Waals surface area contributed by atoms with Crippen molar-refractivity contribution in [3.63, 3.8) is 0 Å². The summed E-state index contributed by atoms with van der Waals surface area (Å²) in [5, 5.41) is 0. The highest BCUT2D eigenvalue weighted by Crippen LogP contribution is 2.17. The van der Waals surface area contributed by atoms with Gasteiger partial charge in [0.25, 0.3) is 5.91 Å². The maximum absolute atomic E-state index is 12.9. The van der Waals surface area contributed by atoms with Crippen LogP contribution in [0, 0.1) is 0 Å². The van der Waals surface area contributed by atoms with Crippen molar-refractivity contribution in [1.82, 2.24) is 14.9 Å². The number of carbonyl (C=O) groups excluding carboxylic acids is 1. The topological polar surface area (TPSA) is 52.6 Å². The van der Waals surface area contributed by atoms with Crippen LogP contribution in [0.2, 0.25) is 0 Å². The first-order valence-corrected chi connectivity index (χ1v) is 9.31. The summed E-state index contributed by atoms with van der Waals surface area (Å²) in [5.74, 6) is 1.91. The van der Waals surface area contributed by atoms with E-state index in [0.717, 1.165) is 44.1 Å². The van der Waals surface area contributed by atoms with Crippen LogP contribution < -0.4 is 9.80 Å². The third-order valence-corrected chi connectivity index (χ3v) is 4.77. The molecule has 0 saturated carbocycles. The summed E-state index contributed by atoms with van der Waals surface area (Å²) < 4.78 is 0. The summed E-state index contributed by atoms with van der Waals surface area (Å²) in [6.45, 7) is 6.14. The summed E-state index contributed by atoms with van der Waals surface area (Å²) in [4.78, 5) is 27.9. The minimum Gasteiger partial charge on any atom is -0.360 e. The lowest BCUT2D eigenvalue weighted by Crippen LogP contribution is -2.49. The molecule has 0 atom stereocenters. The van der Waals surface area contributed by atoms with E-state index in [4.69, 9.17) is 0 Å². The molecule has 2 aromatic rings. The monoisotopic (exact) mass is 353 g/mol.